The van der Waals surface area contributed by atoms with Gasteiger partial charge in [-0.1, -0.05) is 36.4 Å². The van der Waals surface area contributed by atoms with Crippen LogP contribution in [0.25, 0.3) is 0 Å². The molecule has 5 heteroatoms. The number of rotatable bonds is 2. The Morgan fingerprint density at radius 1 is 1.12 bits per heavy atom. The van der Waals surface area contributed by atoms with E-state index in [0.717, 1.165) is 49.3 Å². The van der Waals surface area contributed by atoms with E-state index in [4.69, 9.17) is 0 Å². The number of thiophene rings is 1. The lowest BCUT2D eigenvalue weighted by Gasteiger charge is -2.49. The van der Waals surface area contributed by atoms with Gasteiger partial charge in [0.15, 0.2) is 0 Å². The third kappa shape index (κ3) is 3.16. The van der Waals surface area contributed by atoms with Gasteiger partial charge < -0.3 is 9.80 Å². The van der Waals surface area contributed by atoms with Gasteiger partial charge in [-0.15, -0.1) is 11.3 Å². The van der Waals surface area contributed by atoms with E-state index in [9.17, 15) is 9.59 Å². The number of nitrogens with zero attached hydrogens (tertiary/aromatic N) is 2. The smallest absolute Gasteiger partial charge is 0.263 e. The largest absolute Gasteiger partial charge is 0.345 e. The maximum atomic E-state index is 12.7. The van der Waals surface area contributed by atoms with E-state index in [2.05, 4.69) is 12.1 Å². The van der Waals surface area contributed by atoms with Crippen molar-refractivity contribution in [3.8, 4) is 0 Å². The summed E-state index contributed by atoms with van der Waals surface area (Å²) in [5.41, 5.74) is 1.23. The molecule has 0 aliphatic carbocycles. The Kier molecular flexibility index (Phi) is 4.57. The fourth-order valence-electron chi connectivity index (χ4n) is 4.48. The lowest BCUT2D eigenvalue weighted by molar-refractivity contribution is -0.139. The molecule has 0 saturated carbocycles. The molecule has 3 heterocycles. The molecule has 1 aromatic carbocycles. The first kappa shape index (κ1) is 17.3. The summed E-state index contributed by atoms with van der Waals surface area (Å²) in [6.45, 7) is 2.36. The minimum Gasteiger partial charge on any atom is -0.345 e. The molecule has 1 atom stereocenters. The molecule has 2 amide bonds. The topological polar surface area (TPSA) is 40.6 Å². The Morgan fingerprint density at radius 2 is 1.85 bits per heavy atom. The molecule has 2 saturated heterocycles. The third-order valence-electron chi connectivity index (χ3n) is 5.93. The summed E-state index contributed by atoms with van der Waals surface area (Å²) < 4.78 is 0. The van der Waals surface area contributed by atoms with Gasteiger partial charge in [-0.2, -0.15) is 0 Å². The molecule has 2 aromatic rings. The summed E-state index contributed by atoms with van der Waals surface area (Å²) in [4.78, 5) is 30.0. The van der Waals surface area contributed by atoms with Crippen LogP contribution >= 0.6 is 11.3 Å². The van der Waals surface area contributed by atoms with Crippen LogP contribution < -0.4 is 0 Å². The number of benzene rings is 1. The summed E-state index contributed by atoms with van der Waals surface area (Å²) in [5, 5.41) is 1.95. The summed E-state index contributed by atoms with van der Waals surface area (Å²) in [5.74, 6) is 0.308. The van der Waals surface area contributed by atoms with Crippen molar-refractivity contribution in [3.63, 3.8) is 0 Å². The van der Waals surface area contributed by atoms with E-state index >= 15 is 0 Å². The highest BCUT2D eigenvalue weighted by Crippen LogP contribution is 2.45. The Hall–Kier alpha value is -2.14. The molecule has 1 unspecified atom stereocenters. The second-order valence-electron chi connectivity index (χ2n) is 7.63. The molecule has 0 N–H and O–H groups in total. The molecule has 2 aliphatic heterocycles. The zero-order valence-electron chi connectivity index (χ0n) is 15.1. The van der Waals surface area contributed by atoms with Gasteiger partial charge in [0.2, 0.25) is 5.91 Å². The average Bonchev–Trinajstić information content (AvgIpc) is 3.20. The van der Waals surface area contributed by atoms with Crippen LogP contribution in [0, 0.1) is 5.41 Å². The van der Waals surface area contributed by atoms with Crippen LogP contribution in [0.3, 0.4) is 0 Å². The van der Waals surface area contributed by atoms with Gasteiger partial charge >= 0.3 is 0 Å². The van der Waals surface area contributed by atoms with Crippen LogP contribution in [0.1, 0.15) is 40.4 Å². The van der Waals surface area contributed by atoms with Gasteiger partial charge in [-0.25, -0.2) is 0 Å². The molecule has 26 heavy (non-hydrogen) atoms. The standard InChI is InChI=1S/C21H24N2O2S/c1-22-15-21(14-17(19(22)24)16-6-3-2-4-7-16)9-11-23(12-10-21)20(25)18-8-5-13-26-18/h2-8,13,17H,9-12,14-15H2,1H3. The lowest BCUT2D eigenvalue weighted by atomic mass is 9.67. The van der Waals surface area contributed by atoms with E-state index in [1.165, 1.54) is 11.3 Å². The van der Waals surface area contributed by atoms with Gasteiger partial charge in [-0.3, -0.25) is 9.59 Å². The van der Waals surface area contributed by atoms with E-state index in [1.807, 2.05) is 52.6 Å². The Bertz CT molecular complexity index is 780. The number of likely N-dealkylation sites (N-methyl/N-ethyl adjacent to an activating group) is 1. The summed E-state index contributed by atoms with van der Waals surface area (Å²) in [6.07, 6.45) is 2.82. The number of piperidine rings is 2. The molecular formula is C21H24N2O2S. The van der Waals surface area contributed by atoms with Gasteiger partial charge in [-0.05, 0) is 41.7 Å². The van der Waals surface area contributed by atoms with Crippen LogP contribution in [-0.2, 0) is 4.79 Å². The summed E-state index contributed by atoms with van der Waals surface area (Å²) in [6, 6.07) is 13.9. The van der Waals surface area contributed by atoms with Crippen LogP contribution in [0.5, 0.6) is 0 Å². The van der Waals surface area contributed by atoms with Crippen molar-refractivity contribution >= 4 is 23.2 Å². The number of carbonyl (C=O) groups excluding carboxylic acids is 2. The molecule has 0 bridgehead atoms. The predicted molar refractivity (Wildman–Crippen MR) is 103 cm³/mol. The molecule has 4 rings (SSSR count). The number of hydrogen-bond donors (Lipinski definition) is 0. The minimum absolute atomic E-state index is 0.0607. The monoisotopic (exact) mass is 368 g/mol. The maximum absolute atomic E-state index is 12.7. The molecular weight excluding hydrogens is 344 g/mol. The normalized spacial score (nSPS) is 22.7. The van der Waals surface area contributed by atoms with E-state index < -0.39 is 0 Å². The highest BCUT2D eigenvalue weighted by molar-refractivity contribution is 7.12. The second-order valence-corrected chi connectivity index (χ2v) is 8.58. The molecule has 2 aliphatic rings. The highest BCUT2D eigenvalue weighted by atomic mass is 32.1. The lowest BCUT2D eigenvalue weighted by Crippen LogP contribution is -2.53. The zero-order valence-corrected chi connectivity index (χ0v) is 15.9. The summed E-state index contributed by atoms with van der Waals surface area (Å²) in [7, 11) is 1.92. The first-order valence-electron chi connectivity index (χ1n) is 9.21. The molecule has 1 aromatic heterocycles. The summed E-state index contributed by atoms with van der Waals surface area (Å²) >= 11 is 1.51. The van der Waals surface area contributed by atoms with E-state index in [0.29, 0.717) is 0 Å². The zero-order chi connectivity index (χ0) is 18.1. The number of hydrogen-bond acceptors (Lipinski definition) is 3. The second kappa shape index (κ2) is 6.88. The van der Waals surface area contributed by atoms with Crippen molar-refractivity contribution < 1.29 is 9.59 Å². The van der Waals surface area contributed by atoms with Gasteiger partial charge in [0.25, 0.3) is 5.91 Å². The maximum Gasteiger partial charge on any atom is 0.263 e. The van der Waals surface area contributed by atoms with E-state index in [1.54, 1.807) is 0 Å². The van der Waals surface area contributed by atoms with Gasteiger partial charge in [0.1, 0.15) is 0 Å². The first-order chi connectivity index (χ1) is 12.6. The Balaban J connectivity index is 1.49. The number of carbonyl (C=O) groups is 2. The van der Waals surface area contributed by atoms with Crippen molar-refractivity contribution in [2.75, 3.05) is 26.7 Å². The Morgan fingerprint density at radius 3 is 2.50 bits per heavy atom. The molecule has 4 nitrogen and oxygen atoms in total. The van der Waals surface area contributed by atoms with E-state index in [-0.39, 0.29) is 23.1 Å². The van der Waals surface area contributed by atoms with Crippen molar-refractivity contribution in [1.82, 2.24) is 9.80 Å². The average molecular weight is 369 g/mol. The van der Waals surface area contributed by atoms with Crippen LogP contribution in [0.4, 0.5) is 0 Å². The van der Waals surface area contributed by atoms with Crippen molar-refractivity contribution in [2.45, 2.75) is 25.2 Å². The fourth-order valence-corrected chi connectivity index (χ4v) is 5.17. The van der Waals surface area contributed by atoms with Gasteiger partial charge in [0.05, 0.1) is 10.8 Å². The predicted octanol–water partition coefficient (Wildman–Crippen LogP) is 3.62. The minimum atomic E-state index is -0.0607. The quantitative estimate of drug-likeness (QED) is 0.812. The molecule has 136 valence electrons. The number of likely N-dealkylation sites (tertiary alicyclic amines) is 2. The molecule has 0 radical (unpaired) electrons. The van der Waals surface area contributed by atoms with Gasteiger partial charge in [0, 0.05) is 26.7 Å². The third-order valence-corrected chi connectivity index (χ3v) is 6.79. The van der Waals surface area contributed by atoms with Crippen molar-refractivity contribution in [2.24, 2.45) is 5.41 Å². The Labute approximate surface area is 158 Å². The number of amides is 2. The molecule has 2 fully saturated rings. The SMILES string of the molecule is CN1CC2(CCN(C(=O)c3cccs3)CC2)CC(c2ccccc2)C1=O. The first-order valence-corrected chi connectivity index (χ1v) is 10.1. The van der Waals surface area contributed by atoms with Crippen molar-refractivity contribution in [3.05, 3.63) is 58.3 Å². The van der Waals surface area contributed by atoms with Crippen molar-refractivity contribution in [1.29, 1.82) is 0 Å². The van der Waals surface area contributed by atoms with Crippen LogP contribution in [0.2, 0.25) is 0 Å². The van der Waals surface area contributed by atoms with Crippen LogP contribution in [-0.4, -0.2) is 48.3 Å². The van der Waals surface area contributed by atoms with Crippen LogP contribution in [0.15, 0.2) is 47.8 Å². The fraction of sp³-hybridized carbons (Fsp3) is 0.429. The highest BCUT2D eigenvalue weighted by Gasteiger charge is 2.45. The molecule has 1 spiro atoms.